The number of halogens is 3. The van der Waals surface area contributed by atoms with Crippen molar-refractivity contribution in [3.8, 4) is 0 Å². The average molecular weight is 303 g/mol. The van der Waals surface area contributed by atoms with E-state index in [1.165, 1.54) is 18.2 Å². The van der Waals surface area contributed by atoms with Gasteiger partial charge in [-0.3, -0.25) is 9.69 Å². The van der Waals surface area contributed by atoms with Crippen molar-refractivity contribution >= 4 is 17.7 Å². The zero-order valence-electron chi connectivity index (χ0n) is 10.8. The molecule has 1 aromatic rings. The summed E-state index contributed by atoms with van der Waals surface area (Å²) in [5.74, 6) is -1.06. The summed E-state index contributed by atoms with van der Waals surface area (Å²) in [4.78, 5) is 23.1. The van der Waals surface area contributed by atoms with Crippen molar-refractivity contribution < 1.29 is 32.6 Å². The molecule has 1 aromatic carbocycles. The molecule has 8 heteroatoms. The number of anilines is 1. The van der Waals surface area contributed by atoms with Crippen LogP contribution in [0, 0.1) is 0 Å². The molecule has 1 amide bonds. The molecule has 1 fully saturated rings. The van der Waals surface area contributed by atoms with E-state index >= 15 is 0 Å². The third-order valence-corrected chi connectivity index (χ3v) is 3.05. The van der Waals surface area contributed by atoms with Crippen LogP contribution >= 0.6 is 0 Å². The van der Waals surface area contributed by atoms with E-state index in [0.29, 0.717) is 0 Å². The van der Waals surface area contributed by atoms with Gasteiger partial charge >= 0.3 is 18.2 Å². The molecule has 1 N–H and O–H groups in total. The Bertz CT molecular complexity index is 559. The molecule has 1 aliphatic heterocycles. The summed E-state index contributed by atoms with van der Waals surface area (Å²) in [6.07, 6.45) is -6.37. The molecule has 0 radical (unpaired) electrons. The number of amides is 1. The van der Waals surface area contributed by atoms with Crippen molar-refractivity contribution in [2.75, 3.05) is 11.4 Å². The summed E-state index contributed by atoms with van der Waals surface area (Å²) in [6, 6.07) is 4.69. The second-order valence-corrected chi connectivity index (χ2v) is 4.56. The quantitative estimate of drug-likeness (QED) is 0.928. The monoisotopic (exact) mass is 303 g/mol. The van der Waals surface area contributed by atoms with E-state index in [9.17, 15) is 22.8 Å². The Balaban J connectivity index is 2.20. The zero-order chi connectivity index (χ0) is 15.6. The number of benzene rings is 1. The van der Waals surface area contributed by atoms with E-state index in [-0.39, 0.29) is 25.1 Å². The highest BCUT2D eigenvalue weighted by atomic mass is 19.4. The lowest BCUT2D eigenvalue weighted by Crippen LogP contribution is -2.27. The highest BCUT2D eigenvalue weighted by molar-refractivity contribution is 5.90. The van der Waals surface area contributed by atoms with Crippen LogP contribution < -0.4 is 4.90 Å². The van der Waals surface area contributed by atoms with Gasteiger partial charge in [-0.25, -0.2) is 4.79 Å². The Morgan fingerprint density at radius 1 is 1.38 bits per heavy atom. The fraction of sp³-hybridized carbons (Fsp3) is 0.385. The Morgan fingerprint density at radius 3 is 2.67 bits per heavy atom. The normalized spacial score (nSPS) is 18.7. The average Bonchev–Trinajstić information content (AvgIpc) is 2.76. The number of aliphatic carboxylic acids is 1. The predicted octanol–water partition coefficient (Wildman–Crippen LogP) is 2.90. The van der Waals surface area contributed by atoms with Gasteiger partial charge in [0.05, 0.1) is 17.8 Å². The van der Waals surface area contributed by atoms with Crippen LogP contribution in [0.3, 0.4) is 0 Å². The van der Waals surface area contributed by atoms with Gasteiger partial charge in [-0.15, -0.1) is 0 Å². The van der Waals surface area contributed by atoms with Crippen molar-refractivity contribution in [1.29, 1.82) is 0 Å². The van der Waals surface area contributed by atoms with Crippen LogP contribution in [-0.4, -0.2) is 29.8 Å². The maximum Gasteiger partial charge on any atom is 0.418 e. The number of alkyl halides is 3. The number of nitrogens with zero attached hydrogens (tertiary/aromatic N) is 1. The molecule has 1 aliphatic rings. The molecule has 0 aliphatic carbocycles. The van der Waals surface area contributed by atoms with Crippen LogP contribution in [0.5, 0.6) is 0 Å². The number of para-hydroxylation sites is 1. The number of ether oxygens (including phenoxy) is 1. The number of carboxylic acids is 1. The van der Waals surface area contributed by atoms with Crippen molar-refractivity contribution in [2.24, 2.45) is 0 Å². The molecule has 1 saturated heterocycles. The van der Waals surface area contributed by atoms with E-state index in [2.05, 4.69) is 0 Å². The Labute approximate surface area is 117 Å². The number of hydrogen-bond acceptors (Lipinski definition) is 3. The van der Waals surface area contributed by atoms with Crippen LogP contribution in [0.4, 0.5) is 23.7 Å². The van der Waals surface area contributed by atoms with Gasteiger partial charge in [-0.1, -0.05) is 12.1 Å². The maximum absolute atomic E-state index is 12.9. The second kappa shape index (κ2) is 5.63. The molecule has 114 valence electrons. The van der Waals surface area contributed by atoms with Gasteiger partial charge in [0.2, 0.25) is 0 Å². The Morgan fingerprint density at radius 2 is 2.05 bits per heavy atom. The zero-order valence-corrected chi connectivity index (χ0v) is 10.8. The lowest BCUT2D eigenvalue weighted by molar-refractivity contribution is -0.138. The van der Waals surface area contributed by atoms with E-state index in [0.717, 1.165) is 11.0 Å². The lowest BCUT2D eigenvalue weighted by atomic mass is 10.1. The summed E-state index contributed by atoms with van der Waals surface area (Å²) in [7, 11) is 0. The maximum atomic E-state index is 12.9. The Kier molecular flexibility index (Phi) is 4.06. The van der Waals surface area contributed by atoms with Crippen LogP contribution in [-0.2, 0) is 15.7 Å². The largest absolute Gasteiger partial charge is 0.481 e. The predicted molar refractivity (Wildman–Crippen MR) is 65.9 cm³/mol. The van der Waals surface area contributed by atoms with E-state index in [4.69, 9.17) is 9.84 Å². The van der Waals surface area contributed by atoms with Crippen LogP contribution in [0.25, 0.3) is 0 Å². The third kappa shape index (κ3) is 3.45. The van der Waals surface area contributed by atoms with Gasteiger partial charge in [0.1, 0.15) is 6.10 Å². The first kappa shape index (κ1) is 15.1. The molecule has 1 atom stereocenters. The van der Waals surface area contributed by atoms with E-state index in [1.54, 1.807) is 0 Å². The number of carbonyl (C=O) groups is 2. The number of carboxylic acid groups (broad SMARTS) is 1. The van der Waals surface area contributed by atoms with Crippen molar-refractivity contribution in [3.05, 3.63) is 29.8 Å². The minimum absolute atomic E-state index is 0.0613. The molecule has 0 saturated carbocycles. The molecule has 2 rings (SSSR count). The van der Waals surface area contributed by atoms with Crippen molar-refractivity contribution in [3.63, 3.8) is 0 Å². The van der Waals surface area contributed by atoms with Crippen LogP contribution in [0.1, 0.15) is 18.4 Å². The second-order valence-electron chi connectivity index (χ2n) is 4.56. The van der Waals surface area contributed by atoms with Crippen molar-refractivity contribution in [1.82, 2.24) is 0 Å². The Hall–Kier alpha value is -2.25. The third-order valence-electron chi connectivity index (χ3n) is 3.05. The first-order valence-corrected chi connectivity index (χ1v) is 6.15. The smallest absolute Gasteiger partial charge is 0.418 e. The summed E-state index contributed by atoms with van der Waals surface area (Å²) in [5.41, 5.74) is -1.21. The fourth-order valence-corrected chi connectivity index (χ4v) is 2.10. The molecule has 1 unspecified atom stereocenters. The van der Waals surface area contributed by atoms with Crippen LogP contribution in [0.2, 0.25) is 0 Å². The minimum Gasteiger partial charge on any atom is -0.481 e. The summed E-state index contributed by atoms with van der Waals surface area (Å²) < 4.78 is 43.7. The van der Waals surface area contributed by atoms with Crippen molar-refractivity contribution in [2.45, 2.75) is 25.1 Å². The molecular formula is C13H12F3NO4. The molecule has 5 nitrogen and oxygen atoms in total. The SMILES string of the molecule is O=C(O)CCC1CN(c2ccccc2C(F)(F)F)C(=O)O1. The highest BCUT2D eigenvalue weighted by Gasteiger charge is 2.39. The topological polar surface area (TPSA) is 66.8 Å². The number of rotatable bonds is 4. The first-order valence-electron chi connectivity index (χ1n) is 6.15. The summed E-state index contributed by atoms with van der Waals surface area (Å²) >= 11 is 0. The molecule has 0 spiro atoms. The van der Waals surface area contributed by atoms with E-state index in [1.807, 2.05) is 0 Å². The minimum atomic E-state index is -4.59. The molecule has 1 heterocycles. The van der Waals surface area contributed by atoms with E-state index < -0.39 is 29.9 Å². The van der Waals surface area contributed by atoms with Gasteiger partial charge in [-0.05, 0) is 18.6 Å². The van der Waals surface area contributed by atoms with Gasteiger partial charge < -0.3 is 9.84 Å². The summed E-state index contributed by atoms with van der Waals surface area (Å²) in [5, 5.41) is 8.57. The number of hydrogen-bond donors (Lipinski definition) is 1. The highest BCUT2D eigenvalue weighted by Crippen LogP contribution is 2.38. The molecule has 0 aromatic heterocycles. The van der Waals surface area contributed by atoms with Gasteiger partial charge in [-0.2, -0.15) is 13.2 Å². The van der Waals surface area contributed by atoms with Gasteiger partial charge in [0.25, 0.3) is 0 Å². The molecule has 0 bridgehead atoms. The lowest BCUT2D eigenvalue weighted by Gasteiger charge is -2.18. The number of cyclic esters (lactones) is 1. The first-order chi connectivity index (χ1) is 9.79. The molecular weight excluding hydrogens is 291 g/mol. The molecule has 21 heavy (non-hydrogen) atoms. The van der Waals surface area contributed by atoms with Gasteiger partial charge in [0.15, 0.2) is 0 Å². The van der Waals surface area contributed by atoms with Gasteiger partial charge in [0, 0.05) is 6.42 Å². The number of carbonyl (C=O) groups excluding carboxylic acids is 1. The fourth-order valence-electron chi connectivity index (χ4n) is 2.10. The summed E-state index contributed by atoms with van der Waals surface area (Å²) in [6.45, 7) is -0.0980. The van der Waals surface area contributed by atoms with Crippen LogP contribution in [0.15, 0.2) is 24.3 Å². The standard InChI is InChI=1S/C13H12F3NO4/c14-13(15,16)9-3-1-2-4-10(9)17-7-8(21-12(17)20)5-6-11(18)19/h1-4,8H,5-7H2,(H,18,19).